The molecule has 0 bridgehead atoms. The van der Waals surface area contributed by atoms with Gasteiger partial charge in [0, 0.05) is 12.1 Å². The molecule has 0 spiro atoms. The van der Waals surface area contributed by atoms with E-state index < -0.39 is 11.5 Å². The Hall–Kier alpha value is -1.88. The van der Waals surface area contributed by atoms with Crippen LogP contribution in [0.4, 0.5) is 0 Å². The molecule has 18 heavy (non-hydrogen) atoms. The lowest BCUT2D eigenvalue weighted by molar-refractivity contribution is -0.144. The third kappa shape index (κ3) is 2.09. The van der Waals surface area contributed by atoms with E-state index in [1.54, 1.807) is 38.3 Å². The largest absolute Gasteiger partial charge is 0.497 e. The number of benzene rings is 1. The van der Waals surface area contributed by atoms with Gasteiger partial charge in [-0.1, -0.05) is 0 Å². The SMILES string of the molecule is CCOC(=O)[C@@]1(C(=O)c2ccc(OC)cc2)CN1. The molecule has 1 atom stereocenters. The van der Waals surface area contributed by atoms with Crippen LogP contribution in [0, 0.1) is 0 Å². The zero-order chi connectivity index (χ0) is 13.2. The Bertz CT molecular complexity index is 462. The van der Waals surface area contributed by atoms with Crippen molar-refractivity contribution in [2.45, 2.75) is 12.5 Å². The molecule has 1 fully saturated rings. The molecular weight excluding hydrogens is 234 g/mol. The second kappa shape index (κ2) is 4.78. The van der Waals surface area contributed by atoms with Crippen LogP contribution >= 0.6 is 0 Å². The predicted octanol–water partition coefficient (Wildman–Crippen LogP) is 0.783. The fraction of sp³-hybridized carbons (Fsp3) is 0.385. The normalized spacial score (nSPS) is 21.2. The number of esters is 1. The highest BCUT2D eigenvalue weighted by Crippen LogP contribution is 2.25. The number of hydrogen-bond donors (Lipinski definition) is 1. The summed E-state index contributed by atoms with van der Waals surface area (Å²) in [6, 6.07) is 6.66. The van der Waals surface area contributed by atoms with E-state index in [2.05, 4.69) is 5.32 Å². The molecule has 0 radical (unpaired) electrons. The van der Waals surface area contributed by atoms with E-state index in [0.29, 0.717) is 17.9 Å². The van der Waals surface area contributed by atoms with Crippen molar-refractivity contribution in [3.05, 3.63) is 29.8 Å². The molecule has 1 aliphatic heterocycles. The highest BCUT2D eigenvalue weighted by atomic mass is 16.5. The van der Waals surface area contributed by atoms with Gasteiger partial charge in [-0.05, 0) is 31.2 Å². The number of carbonyl (C=O) groups is 2. The van der Waals surface area contributed by atoms with Gasteiger partial charge in [-0.2, -0.15) is 0 Å². The van der Waals surface area contributed by atoms with Gasteiger partial charge in [0.2, 0.25) is 0 Å². The zero-order valence-corrected chi connectivity index (χ0v) is 10.4. The predicted molar refractivity (Wildman–Crippen MR) is 64.7 cm³/mol. The second-order valence-corrected chi connectivity index (χ2v) is 4.04. The van der Waals surface area contributed by atoms with E-state index in [4.69, 9.17) is 9.47 Å². The first-order valence-corrected chi connectivity index (χ1v) is 5.75. The van der Waals surface area contributed by atoms with Gasteiger partial charge in [0.15, 0.2) is 11.3 Å². The van der Waals surface area contributed by atoms with Gasteiger partial charge in [0.1, 0.15) is 5.75 Å². The molecule has 1 heterocycles. The van der Waals surface area contributed by atoms with Crippen molar-refractivity contribution in [2.24, 2.45) is 0 Å². The number of ketones is 1. The number of ether oxygens (including phenoxy) is 2. The highest BCUT2D eigenvalue weighted by Gasteiger charge is 2.57. The minimum atomic E-state index is -1.18. The molecule has 5 heteroatoms. The Kier molecular flexibility index (Phi) is 3.34. The summed E-state index contributed by atoms with van der Waals surface area (Å²) in [4.78, 5) is 24.0. The van der Waals surface area contributed by atoms with Crippen molar-refractivity contribution in [1.29, 1.82) is 0 Å². The number of rotatable bonds is 5. The van der Waals surface area contributed by atoms with Gasteiger partial charge in [0.25, 0.3) is 0 Å². The maximum absolute atomic E-state index is 12.2. The van der Waals surface area contributed by atoms with Gasteiger partial charge in [-0.15, -0.1) is 0 Å². The molecule has 1 aromatic rings. The van der Waals surface area contributed by atoms with Crippen LogP contribution < -0.4 is 10.1 Å². The molecule has 2 rings (SSSR count). The van der Waals surface area contributed by atoms with Crippen molar-refractivity contribution >= 4 is 11.8 Å². The molecule has 1 aliphatic rings. The van der Waals surface area contributed by atoms with Crippen LogP contribution in [-0.4, -0.2) is 37.6 Å². The fourth-order valence-electron chi connectivity index (χ4n) is 1.73. The van der Waals surface area contributed by atoms with Crippen LogP contribution in [-0.2, 0) is 9.53 Å². The average Bonchev–Trinajstić information content (AvgIpc) is 3.20. The molecule has 0 unspecified atom stereocenters. The maximum atomic E-state index is 12.2. The molecule has 1 aromatic carbocycles. The van der Waals surface area contributed by atoms with Crippen molar-refractivity contribution in [3.63, 3.8) is 0 Å². The summed E-state index contributed by atoms with van der Waals surface area (Å²) in [6.45, 7) is 2.31. The van der Waals surface area contributed by atoms with E-state index in [0.717, 1.165) is 0 Å². The van der Waals surface area contributed by atoms with Crippen molar-refractivity contribution < 1.29 is 19.1 Å². The summed E-state index contributed by atoms with van der Waals surface area (Å²) in [5.41, 5.74) is -0.709. The molecule has 96 valence electrons. The zero-order valence-electron chi connectivity index (χ0n) is 10.4. The minimum Gasteiger partial charge on any atom is -0.497 e. The smallest absolute Gasteiger partial charge is 0.335 e. The Morgan fingerprint density at radius 2 is 1.94 bits per heavy atom. The van der Waals surface area contributed by atoms with E-state index in [1.807, 2.05) is 0 Å². The van der Waals surface area contributed by atoms with E-state index in [-0.39, 0.29) is 12.4 Å². The highest BCUT2D eigenvalue weighted by molar-refractivity contribution is 6.19. The summed E-state index contributed by atoms with van der Waals surface area (Å²) in [5.74, 6) is -0.102. The average molecular weight is 249 g/mol. The maximum Gasteiger partial charge on any atom is 0.335 e. The van der Waals surface area contributed by atoms with Crippen molar-refractivity contribution in [1.82, 2.24) is 5.32 Å². The first kappa shape index (κ1) is 12.6. The molecular formula is C13H15NO4. The fourth-order valence-corrected chi connectivity index (χ4v) is 1.73. The molecule has 1 saturated heterocycles. The first-order chi connectivity index (χ1) is 8.64. The number of hydrogen-bond acceptors (Lipinski definition) is 5. The van der Waals surface area contributed by atoms with Crippen LogP contribution in [0.5, 0.6) is 5.75 Å². The van der Waals surface area contributed by atoms with Gasteiger partial charge >= 0.3 is 5.97 Å². The lowest BCUT2D eigenvalue weighted by Gasteiger charge is -2.11. The Morgan fingerprint density at radius 3 is 2.39 bits per heavy atom. The van der Waals surface area contributed by atoms with Gasteiger partial charge in [0.05, 0.1) is 13.7 Å². The van der Waals surface area contributed by atoms with Crippen LogP contribution in [0.15, 0.2) is 24.3 Å². The third-order valence-electron chi connectivity index (χ3n) is 2.89. The Balaban J connectivity index is 2.18. The van der Waals surface area contributed by atoms with E-state index in [9.17, 15) is 9.59 Å². The first-order valence-electron chi connectivity index (χ1n) is 5.75. The molecule has 5 nitrogen and oxygen atoms in total. The topological polar surface area (TPSA) is 74.5 Å². The monoisotopic (exact) mass is 249 g/mol. The van der Waals surface area contributed by atoms with Gasteiger partial charge < -0.3 is 9.47 Å². The molecule has 0 aromatic heterocycles. The van der Waals surface area contributed by atoms with Crippen LogP contribution in [0.2, 0.25) is 0 Å². The standard InChI is InChI=1S/C13H15NO4/c1-3-18-12(16)13(8-14-13)11(15)9-4-6-10(17-2)7-5-9/h4-7,14H,3,8H2,1-2H3/t13-/m0/s1. The second-order valence-electron chi connectivity index (χ2n) is 4.04. The Labute approximate surface area is 105 Å². The lowest BCUT2D eigenvalue weighted by Crippen LogP contribution is -2.38. The molecule has 0 saturated carbocycles. The molecule has 0 aliphatic carbocycles. The quantitative estimate of drug-likeness (QED) is 0.361. The number of Topliss-reactive ketones (excluding diaryl/α,β-unsaturated/α-hetero) is 1. The van der Waals surface area contributed by atoms with Crippen LogP contribution in [0.25, 0.3) is 0 Å². The molecule has 0 amide bonds. The van der Waals surface area contributed by atoms with E-state index >= 15 is 0 Å². The summed E-state index contributed by atoms with van der Waals surface area (Å²) in [5, 5.41) is 2.80. The number of methoxy groups -OCH3 is 1. The van der Waals surface area contributed by atoms with Crippen molar-refractivity contribution in [2.75, 3.05) is 20.3 Å². The Morgan fingerprint density at radius 1 is 1.33 bits per heavy atom. The summed E-state index contributed by atoms with van der Waals surface area (Å²) in [7, 11) is 1.55. The van der Waals surface area contributed by atoms with Crippen molar-refractivity contribution in [3.8, 4) is 5.75 Å². The number of nitrogens with one attached hydrogen (secondary N) is 1. The van der Waals surface area contributed by atoms with E-state index in [1.165, 1.54) is 0 Å². The summed E-state index contributed by atoms with van der Waals surface area (Å²) in [6.07, 6.45) is 0. The third-order valence-corrected chi connectivity index (χ3v) is 2.89. The molecule has 1 N–H and O–H groups in total. The summed E-state index contributed by atoms with van der Waals surface area (Å²) < 4.78 is 9.93. The van der Waals surface area contributed by atoms with Gasteiger partial charge in [-0.25, -0.2) is 4.79 Å². The van der Waals surface area contributed by atoms with Gasteiger partial charge in [-0.3, -0.25) is 10.1 Å². The minimum absolute atomic E-state index is 0.261. The number of carbonyl (C=O) groups excluding carboxylic acids is 2. The van der Waals surface area contributed by atoms with Crippen LogP contribution in [0.1, 0.15) is 17.3 Å². The lowest BCUT2D eigenvalue weighted by atomic mass is 9.97. The van der Waals surface area contributed by atoms with Crippen LogP contribution in [0.3, 0.4) is 0 Å². The summed E-state index contributed by atoms with van der Waals surface area (Å²) >= 11 is 0.